The molecule has 1 aromatic rings. The normalized spacial score (nSPS) is 15.3. The molecular formula is C14H18N2O3. The standard InChI is InChI=1S/C14H18N2O3/c1-11(17)14(18)16-9-7-15(8-10-16)12-5-3-4-6-13(12)19-2/h3-6H,7-10H2,1-2H3. The highest BCUT2D eigenvalue weighted by Crippen LogP contribution is 2.28. The molecule has 0 spiro atoms. The van der Waals surface area contributed by atoms with Gasteiger partial charge in [-0.2, -0.15) is 0 Å². The van der Waals surface area contributed by atoms with Crippen molar-refractivity contribution in [3.8, 4) is 5.75 Å². The van der Waals surface area contributed by atoms with E-state index in [0.29, 0.717) is 26.2 Å². The van der Waals surface area contributed by atoms with Gasteiger partial charge in [0.05, 0.1) is 12.8 Å². The highest BCUT2D eigenvalue weighted by Gasteiger charge is 2.24. The van der Waals surface area contributed by atoms with E-state index in [0.717, 1.165) is 11.4 Å². The molecule has 0 bridgehead atoms. The summed E-state index contributed by atoms with van der Waals surface area (Å²) < 4.78 is 5.33. The summed E-state index contributed by atoms with van der Waals surface area (Å²) in [5, 5.41) is 0. The van der Waals surface area contributed by atoms with Crippen LogP contribution in [0.5, 0.6) is 5.75 Å². The Bertz CT molecular complexity index is 479. The third-order valence-corrected chi connectivity index (χ3v) is 3.29. The molecule has 102 valence electrons. The molecule has 19 heavy (non-hydrogen) atoms. The van der Waals surface area contributed by atoms with Gasteiger partial charge in [0.25, 0.3) is 5.91 Å². The molecule has 0 radical (unpaired) electrons. The zero-order valence-electron chi connectivity index (χ0n) is 11.3. The van der Waals surface area contributed by atoms with E-state index < -0.39 is 5.78 Å². The lowest BCUT2D eigenvalue weighted by Gasteiger charge is -2.36. The molecule has 0 unspecified atom stereocenters. The van der Waals surface area contributed by atoms with Crippen LogP contribution in [-0.2, 0) is 9.59 Å². The molecule has 5 nitrogen and oxygen atoms in total. The van der Waals surface area contributed by atoms with Gasteiger partial charge in [0.2, 0.25) is 5.78 Å². The molecule has 1 aliphatic rings. The molecule has 1 aliphatic heterocycles. The number of nitrogens with zero attached hydrogens (tertiary/aromatic N) is 2. The van der Waals surface area contributed by atoms with Gasteiger partial charge in [-0.15, -0.1) is 0 Å². The molecule has 1 aromatic carbocycles. The summed E-state index contributed by atoms with van der Waals surface area (Å²) in [6, 6.07) is 7.81. The van der Waals surface area contributed by atoms with Crippen LogP contribution in [0.2, 0.25) is 0 Å². The Kier molecular flexibility index (Phi) is 4.04. The third kappa shape index (κ3) is 2.86. The number of methoxy groups -OCH3 is 1. The van der Waals surface area contributed by atoms with E-state index in [1.54, 1.807) is 12.0 Å². The number of hydrogen-bond donors (Lipinski definition) is 0. The first-order chi connectivity index (χ1) is 9.13. The summed E-state index contributed by atoms with van der Waals surface area (Å²) in [6.45, 7) is 3.86. The number of amides is 1. The van der Waals surface area contributed by atoms with E-state index in [1.165, 1.54) is 6.92 Å². The van der Waals surface area contributed by atoms with Crippen LogP contribution in [-0.4, -0.2) is 49.9 Å². The summed E-state index contributed by atoms with van der Waals surface area (Å²) in [5.41, 5.74) is 1.03. The number of hydrogen-bond acceptors (Lipinski definition) is 4. The van der Waals surface area contributed by atoms with Gasteiger partial charge in [-0.1, -0.05) is 12.1 Å². The molecule has 0 aliphatic carbocycles. The number of Topliss-reactive ketones (excluding diaryl/α,β-unsaturated/α-hetero) is 1. The smallest absolute Gasteiger partial charge is 0.289 e. The van der Waals surface area contributed by atoms with E-state index in [1.807, 2.05) is 24.3 Å². The molecule has 1 fully saturated rings. The fourth-order valence-corrected chi connectivity index (χ4v) is 2.26. The van der Waals surface area contributed by atoms with Gasteiger partial charge in [0.15, 0.2) is 0 Å². The fourth-order valence-electron chi connectivity index (χ4n) is 2.26. The first-order valence-corrected chi connectivity index (χ1v) is 6.31. The van der Waals surface area contributed by atoms with Crippen molar-refractivity contribution in [1.29, 1.82) is 0 Å². The molecule has 0 saturated carbocycles. The van der Waals surface area contributed by atoms with Gasteiger partial charge in [0, 0.05) is 33.1 Å². The van der Waals surface area contributed by atoms with E-state index in [-0.39, 0.29) is 5.91 Å². The van der Waals surface area contributed by atoms with E-state index >= 15 is 0 Å². The lowest BCUT2D eigenvalue weighted by atomic mass is 10.2. The number of carbonyl (C=O) groups is 2. The molecule has 2 rings (SSSR count). The number of ether oxygens (including phenoxy) is 1. The molecular weight excluding hydrogens is 244 g/mol. The average Bonchev–Trinajstić information content (AvgIpc) is 2.46. The lowest BCUT2D eigenvalue weighted by Crippen LogP contribution is -2.50. The van der Waals surface area contributed by atoms with Crippen molar-refractivity contribution in [2.75, 3.05) is 38.2 Å². The number of ketones is 1. The van der Waals surface area contributed by atoms with Crippen LogP contribution >= 0.6 is 0 Å². The monoisotopic (exact) mass is 262 g/mol. The van der Waals surface area contributed by atoms with Gasteiger partial charge in [-0.05, 0) is 12.1 Å². The summed E-state index contributed by atoms with van der Waals surface area (Å²) in [6.07, 6.45) is 0. The Morgan fingerprint density at radius 2 is 1.74 bits per heavy atom. The van der Waals surface area contributed by atoms with Crippen molar-refractivity contribution >= 4 is 17.4 Å². The quantitative estimate of drug-likeness (QED) is 0.760. The molecule has 5 heteroatoms. The molecule has 1 heterocycles. The topological polar surface area (TPSA) is 49.9 Å². The molecule has 0 aromatic heterocycles. The van der Waals surface area contributed by atoms with Crippen LogP contribution in [0.1, 0.15) is 6.92 Å². The van der Waals surface area contributed by atoms with Crippen LogP contribution < -0.4 is 9.64 Å². The predicted octanol–water partition coefficient (Wildman–Crippen LogP) is 0.933. The Hall–Kier alpha value is -2.04. The van der Waals surface area contributed by atoms with Gasteiger partial charge in [0.1, 0.15) is 5.75 Å². The third-order valence-electron chi connectivity index (χ3n) is 3.29. The highest BCUT2D eigenvalue weighted by atomic mass is 16.5. The van der Waals surface area contributed by atoms with Crippen molar-refractivity contribution < 1.29 is 14.3 Å². The van der Waals surface area contributed by atoms with Gasteiger partial charge < -0.3 is 14.5 Å². The summed E-state index contributed by atoms with van der Waals surface area (Å²) >= 11 is 0. The number of carbonyl (C=O) groups excluding carboxylic acids is 2. The largest absolute Gasteiger partial charge is 0.495 e. The Morgan fingerprint density at radius 1 is 1.11 bits per heavy atom. The van der Waals surface area contributed by atoms with Crippen LogP contribution in [0, 0.1) is 0 Å². The second kappa shape index (κ2) is 5.73. The molecule has 1 amide bonds. The van der Waals surface area contributed by atoms with Crippen LogP contribution in [0.3, 0.4) is 0 Å². The number of benzene rings is 1. The van der Waals surface area contributed by atoms with E-state index in [4.69, 9.17) is 4.74 Å². The fraction of sp³-hybridized carbons (Fsp3) is 0.429. The number of anilines is 1. The molecule has 0 atom stereocenters. The van der Waals surface area contributed by atoms with Gasteiger partial charge >= 0.3 is 0 Å². The lowest BCUT2D eigenvalue weighted by molar-refractivity contribution is -0.143. The van der Waals surface area contributed by atoms with E-state index in [9.17, 15) is 9.59 Å². The van der Waals surface area contributed by atoms with Gasteiger partial charge in [-0.25, -0.2) is 0 Å². The minimum absolute atomic E-state index is 0.389. The van der Waals surface area contributed by atoms with E-state index in [2.05, 4.69) is 4.90 Å². The van der Waals surface area contributed by atoms with Crippen LogP contribution in [0.25, 0.3) is 0 Å². The van der Waals surface area contributed by atoms with Crippen molar-refractivity contribution in [3.63, 3.8) is 0 Å². The predicted molar refractivity (Wildman–Crippen MR) is 72.5 cm³/mol. The Labute approximate surface area is 112 Å². The zero-order valence-corrected chi connectivity index (χ0v) is 11.3. The van der Waals surface area contributed by atoms with Crippen molar-refractivity contribution in [1.82, 2.24) is 4.90 Å². The maximum Gasteiger partial charge on any atom is 0.289 e. The van der Waals surface area contributed by atoms with Crippen molar-refractivity contribution in [2.45, 2.75) is 6.92 Å². The highest BCUT2D eigenvalue weighted by molar-refractivity contribution is 6.35. The maximum absolute atomic E-state index is 11.6. The number of piperazine rings is 1. The number of para-hydroxylation sites is 2. The summed E-state index contributed by atoms with van der Waals surface area (Å²) in [5.74, 6) is 0.0410. The zero-order chi connectivity index (χ0) is 13.8. The Balaban J connectivity index is 2.04. The summed E-state index contributed by atoms with van der Waals surface area (Å²) in [7, 11) is 1.65. The molecule has 1 saturated heterocycles. The Morgan fingerprint density at radius 3 is 2.32 bits per heavy atom. The first kappa shape index (κ1) is 13.4. The minimum Gasteiger partial charge on any atom is -0.495 e. The second-order valence-corrected chi connectivity index (χ2v) is 4.51. The van der Waals surface area contributed by atoms with Crippen LogP contribution in [0.15, 0.2) is 24.3 Å². The first-order valence-electron chi connectivity index (χ1n) is 6.31. The number of rotatable bonds is 3. The SMILES string of the molecule is COc1ccccc1N1CCN(C(=O)C(C)=O)CC1. The average molecular weight is 262 g/mol. The second-order valence-electron chi connectivity index (χ2n) is 4.51. The summed E-state index contributed by atoms with van der Waals surface area (Å²) in [4.78, 5) is 26.4. The van der Waals surface area contributed by atoms with Crippen molar-refractivity contribution in [3.05, 3.63) is 24.3 Å². The van der Waals surface area contributed by atoms with Crippen LogP contribution in [0.4, 0.5) is 5.69 Å². The maximum atomic E-state index is 11.6. The van der Waals surface area contributed by atoms with Crippen molar-refractivity contribution in [2.24, 2.45) is 0 Å². The molecule has 0 N–H and O–H groups in total. The van der Waals surface area contributed by atoms with Gasteiger partial charge in [-0.3, -0.25) is 9.59 Å². The minimum atomic E-state index is -0.397.